The molecular weight excluding hydrogens is 174 g/mol. The highest BCUT2D eigenvalue weighted by Crippen LogP contribution is 2.30. The maximum Gasteiger partial charge on any atom is 0.0564 e. The van der Waals surface area contributed by atoms with Crippen LogP contribution in [0.5, 0.6) is 0 Å². The molecule has 0 bridgehead atoms. The van der Waals surface area contributed by atoms with Crippen LogP contribution >= 0.6 is 12.4 Å². The van der Waals surface area contributed by atoms with Gasteiger partial charge in [0.15, 0.2) is 0 Å². The Morgan fingerprint density at radius 2 is 1.67 bits per heavy atom. The van der Waals surface area contributed by atoms with Crippen LogP contribution in [0.2, 0.25) is 0 Å². The number of hydrogen-bond donors (Lipinski definition) is 1. The van der Waals surface area contributed by atoms with Gasteiger partial charge in [-0.1, -0.05) is 0 Å². The number of aliphatic hydroxyl groups is 1. The lowest BCUT2D eigenvalue weighted by atomic mass is 10.1. The Hall–Kier alpha value is 0.210. The van der Waals surface area contributed by atoms with E-state index in [2.05, 4.69) is 4.90 Å². The minimum Gasteiger partial charge on any atom is -0.393 e. The van der Waals surface area contributed by atoms with E-state index >= 15 is 0 Å². The van der Waals surface area contributed by atoms with Crippen LogP contribution in [0.4, 0.5) is 0 Å². The second-order valence-corrected chi connectivity index (χ2v) is 3.98. The van der Waals surface area contributed by atoms with Gasteiger partial charge in [0.25, 0.3) is 0 Å². The first-order valence-corrected chi connectivity index (χ1v) is 4.75. The molecule has 0 radical (unpaired) electrons. The van der Waals surface area contributed by atoms with E-state index in [1.807, 2.05) is 0 Å². The Bertz CT molecular complexity index is 130. The van der Waals surface area contributed by atoms with E-state index in [1.165, 1.54) is 19.4 Å². The van der Waals surface area contributed by atoms with Gasteiger partial charge in [-0.2, -0.15) is 0 Å². The van der Waals surface area contributed by atoms with Gasteiger partial charge in [-0.25, -0.2) is 0 Å². The molecule has 1 N–H and O–H groups in total. The molecule has 2 aliphatic rings. The zero-order valence-corrected chi connectivity index (χ0v) is 8.22. The predicted molar refractivity (Wildman–Crippen MR) is 51.7 cm³/mol. The maximum absolute atomic E-state index is 9.25. The monoisotopic (exact) mass is 191 g/mol. The van der Waals surface area contributed by atoms with Gasteiger partial charge in [0.05, 0.1) is 6.10 Å². The van der Waals surface area contributed by atoms with Gasteiger partial charge >= 0.3 is 0 Å². The Balaban J connectivity index is 0.000000720. The van der Waals surface area contributed by atoms with Crippen LogP contribution in [-0.4, -0.2) is 35.7 Å². The average molecular weight is 192 g/mol. The van der Waals surface area contributed by atoms with E-state index in [0.29, 0.717) is 0 Å². The molecule has 1 saturated heterocycles. The summed E-state index contributed by atoms with van der Waals surface area (Å²) >= 11 is 0. The first kappa shape index (κ1) is 10.3. The number of hydrogen-bond acceptors (Lipinski definition) is 2. The third kappa shape index (κ3) is 2.92. The van der Waals surface area contributed by atoms with Gasteiger partial charge in [0.1, 0.15) is 0 Å². The minimum absolute atomic E-state index is 0. The van der Waals surface area contributed by atoms with E-state index in [9.17, 15) is 5.11 Å². The molecule has 2 rings (SSSR count). The Morgan fingerprint density at radius 3 is 2.17 bits per heavy atom. The van der Waals surface area contributed by atoms with Crippen molar-refractivity contribution >= 4 is 12.4 Å². The van der Waals surface area contributed by atoms with E-state index < -0.39 is 0 Å². The highest BCUT2D eigenvalue weighted by molar-refractivity contribution is 5.85. The molecule has 2 nitrogen and oxygen atoms in total. The fourth-order valence-electron chi connectivity index (χ4n) is 1.77. The molecule has 1 saturated carbocycles. The number of nitrogens with zero attached hydrogens (tertiary/aromatic N) is 1. The molecule has 0 spiro atoms. The predicted octanol–water partition coefficient (Wildman–Crippen LogP) is 1.27. The standard InChI is InChI=1S/C9H17NO.ClH/c11-9-3-5-10(6-4-9)7-8-1-2-8;/h8-9,11H,1-7H2;1H. The van der Waals surface area contributed by atoms with Gasteiger partial charge in [-0.05, 0) is 31.6 Å². The first-order chi connectivity index (χ1) is 5.34. The van der Waals surface area contributed by atoms with Crippen molar-refractivity contribution < 1.29 is 5.11 Å². The lowest BCUT2D eigenvalue weighted by Gasteiger charge is -2.29. The van der Waals surface area contributed by atoms with Gasteiger partial charge < -0.3 is 10.0 Å². The number of piperidine rings is 1. The summed E-state index contributed by atoms with van der Waals surface area (Å²) in [6.45, 7) is 3.54. The Morgan fingerprint density at radius 1 is 1.08 bits per heavy atom. The fourth-order valence-corrected chi connectivity index (χ4v) is 1.77. The zero-order valence-electron chi connectivity index (χ0n) is 7.41. The number of likely N-dealkylation sites (tertiary alicyclic amines) is 1. The summed E-state index contributed by atoms with van der Waals surface area (Å²) in [6, 6.07) is 0. The molecule has 72 valence electrons. The summed E-state index contributed by atoms with van der Waals surface area (Å²) < 4.78 is 0. The molecule has 0 unspecified atom stereocenters. The van der Waals surface area contributed by atoms with Gasteiger partial charge in [0, 0.05) is 19.6 Å². The number of rotatable bonds is 2. The zero-order chi connectivity index (χ0) is 7.68. The normalized spacial score (nSPS) is 26.8. The minimum atomic E-state index is -0.00884. The van der Waals surface area contributed by atoms with Crippen molar-refractivity contribution in [1.29, 1.82) is 0 Å². The number of halogens is 1. The van der Waals surface area contributed by atoms with Crippen LogP contribution in [0.15, 0.2) is 0 Å². The molecule has 0 aromatic carbocycles. The molecule has 2 fully saturated rings. The SMILES string of the molecule is Cl.OC1CCN(CC2CC2)CC1. The van der Waals surface area contributed by atoms with Crippen molar-refractivity contribution in [3.05, 3.63) is 0 Å². The molecule has 0 atom stereocenters. The molecular formula is C9H18ClNO. The summed E-state index contributed by atoms with van der Waals surface area (Å²) in [5.74, 6) is 1.00. The molecule has 1 aliphatic carbocycles. The second-order valence-electron chi connectivity index (χ2n) is 3.98. The molecule has 0 aromatic rings. The van der Waals surface area contributed by atoms with E-state index in [-0.39, 0.29) is 18.5 Å². The maximum atomic E-state index is 9.25. The van der Waals surface area contributed by atoms with Crippen molar-refractivity contribution in [2.24, 2.45) is 5.92 Å². The highest BCUT2D eigenvalue weighted by Gasteiger charge is 2.26. The van der Waals surface area contributed by atoms with Crippen molar-refractivity contribution in [3.8, 4) is 0 Å². The molecule has 12 heavy (non-hydrogen) atoms. The fraction of sp³-hybridized carbons (Fsp3) is 1.00. The average Bonchev–Trinajstić information content (AvgIpc) is 2.78. The Labute approximate surface area is 80.4 Å². The quantitative estimate of drug-likeness (QED) is 0.711. The molecule has 3 heteroatoms. The first-order valence-electron chi connectivity index (χ1n) is 4.75. The topological polar surface area (TPSA) is 23.5 Å². The van der Waals surface area contributed by atoms with E-state index in [4.69, 9.17) is 0 Å². The molecule has 0 amide bonds. The molecule has 1 heterocycles. The highest BCUT2D eigenvalue weighted by atomic mass is 35.5. The van der Waals surface area contributed by atoms with Crippen molar-refractivity contribution in [2.45, 2.75) is 31.8 Å². The van der Waals surface area contributed by atoms with Crippen LogP contribution in [0, 0.1) is 5.92 Å². The third-order valence-electron chi connectivity index (χ3n) is 2.77. The largest absolute Gasteiger partial charge is 0.393 e. The molecule has 0 aromatic heterocycles. The van der Waals surface area contributed by atoms with Gasteiger partial charge in [0.2, 0.25) is 0 Å². The number of aliphatic hydroxyl groups excluding tert-OH is 1. The smallest absolute Gasteiger partial charge is 0.0564 e. The summed E-state index contributed by atoms with van der Waals surface area (Å²) in [5, 5.41) is 9.25. The third-order valence-corrected chi connectivity index (χ3v) is 2.77. The van der Waals surface area contributed by atoms with Crippen LogP contribution in [-0.2, 0) is 0 Å². The van der Waals surface area contributed by atoms with Gasteiger partial charge in [-0.3, -0.25) is 0 Å². The van der Waals surface area contributed by atoms with E-state index in [1.54, 1.807) is 0 Å². The van der Waals surface area contributed by atoms with Crippen molar-refractivity contribution in [1.82, 2.24) is 4.90 Å². The van der Waals surface area contributed by atoms with Crippen LogP contribution in [0.1, 0.15) is 25.7 Å². The van der Waals surface area contributed by atoms with Gasteiger partial charge in [-0.15, -0.1) is 12.4 Å². The van der Waals surface area contributed by atoms with Crippen LogP contribution in [0.25, 0.3) is 0 Å². The summed E-state index contributed by atoms with van der Waals surface area (Å²) in [7, 11) is 0. The van der Waals surface area contributed by atoms with E-state index in [0.717, 1.165) is 31.8 Å². The summed E-state index contributed by atoms with van der Waals surface area (Å²) in [5.41, 5.74) is 0. The second kappa shape index (κ2) is 4.45. The molecule has 1 aliphatic heterocycles. The van der Waals surface area contributed by atoms with Crippen LogP contribution < -0.4 is 0 Å². The lowest BCUT2D eigenvalue weighted by Crippen LogP contribution is -2.36. The lowest BCUT2D eigenvalue weighted by molar-refractivity contribution is 0.0805. The van der Waals surface area contributed by atoms with Crippen molar-refractivity contribution in [3.63, 3.8) is 0 Å². The summed E-state index contributed by atoms with van der Waals surface area (Å²) in [4.78, 5) is 2.50. The Kier molecular flexibility index (Phi) is 3.81. The van der Waals surface area contributed by atoms with Crippen LogP contribution in [0.3, 0.4) is 0 Å². The summed E-state index contributed by atoms with van der Waals surface area (Å²) in [6.07, 6.45) is 4.86. The van der Waals surface area contributed by atoms with Crippen molar-refractivity contribution in [2.75, 3.05) is 19.6 Å².